The van der Waals surface area contributed by atoms with Crippen LogP contribution in [0, 0.1) is 11.3 Å². The zero-order valence-corrected chi connectivity index (χ0v) is 12.8. The molecule has 110 valence electrons. The van der Waals surface area contributed by atoms with Crippen molar-refractivity contribution in [3.8, 4) is 0 Å². The van der Waals surface area contributed by atoms with E-state index in [4.69, 9.17) is 9.47 Å². The molecule has 3 nitrogen and oxygen atoms in total. The average Bonchev–Trinajstić information content (AvgIpc) is 2.33. The van der Waals surface area contributed by atoms with Crippen molar-refractivity contribution < 1.29 is 14.3 Å². The van der Waals surface area contributed by atoms with Crippen molar-refractivity contribution in [3.05, 3.63) is 12.2 Å². The van der Waals surface area contributed by atoms with Crippen LogP contribution in [-0.4, -0.2) is 25.3 Å². The first-order valence-electron chi connectivity index (χ1n) is 7.25. The molecule has 1 aliphatic rings. The predicted molar refractivity (Wildman–Crippen MR) is 76.9 cm³/mol. The monoisotopic (exact) mass is 268 g/mol. The lowest BCUT2D eigenvalue weighted by Crippen LogP contribution is -2.29. The van der Waals surface area contributed by atoms with Crippen LogP contribution in [0.2, 0.25) is 0 Å². The van der Waals surface area contributed by atoms with E-state index in [1.807, 2.05) is 0 Å². The van der Waals surface area contributed by atoms with Crippen LogP contribution in [-0.2, 0) is 14.3 Å². The molecule has 0 aromatic heterocycles. The molecule has 0 aromatic carbocycles. The SMILES string of the molecule is C=C(C)C(=O)OCCOC1CCC(C(C)(C)C)CC1. The van der Waals surface area contributed by atoms with Crippen LogP contribution >= 0.6 is 0 Å². The molecule has 1 fully saturated rings. The fraction of sp³-hybridized carbons (Fsp3) is 0.812. The zero-order valence-electron chi connectivity index (χ0n) is 12.8. The fourth-order valence-electron chi connectivity index (χ4n) is 2.57. The summed E-state index contributed by atoms with van der Waals surface area (Å²) in [5.41, 5.74) is 0.841. The van der Waals surface area contributed by atoms with Crippen molar-refractivity contribution in [2.24, 2.45) is 11.3 Å². The molecule has 0 amide bonds. The third-order valence-electron chi connectivity index (χ3n) is 3.92. The third-order valence-corrected chi connectivity index (χ3v) is 3.92. The molecular weight excluding hydrogens is 240 g/mol. The summed E-state index contributed by atoms with van der Waals surface area (Å²) in [4.78, 5) is 11.2. The molecule has 0 aromatic rings. The summed E-state index contributed by atoms with van der Waals surface area (Å²) in [7, 11) is 0. The molecule has 0 atom stereocenters. The van der Waals surface area contributed by atoms with Gasteiger partial charge in [0.05, 0.1) is 12.7 Å². The Labute approximate surface area is 117 Å². The van der Waals surface area contributed by atoms with E-state index in [1.54, 1.807) is 6.92 Å². The minimum Gasteiger partial charge on any atom is -0.460 e. The summed E-state index contributed by atoms with van der Waals surface area (Å²) < 4.78 is 10.8. The van der Waals surface area contributed by atoms with E-state index < -0.39 is 0 Å². The standard InChI is InChI=1S/C16H28O3/c1-12(2)15(17)19-11-10-18-14-8-6-13(7-9-14)16(3,4)5/h13-14H,1,6-11H2,2-5H3. The van der Waals surface area contributed by atoms with E-state index in [0.717, 1.165) is 18.8 Å². The molecule has 3 heteroatoms. The van der Waals surface area contributed by atoms with Crippen molar-refractivity contribution in [2.45, 2.75) is 59.5 Å². The van der Waals surface area contributed by atoms with Gasteiger partial charge in [0, 0.05) is 5.57 Å². The Balaban J connectivity index is 2.13. The first-order chi connectivity index (χ1) is 8.80. The fourth-order valence-corrected chi connectivity index (χ4v) is 2.57. The normalized spacial score (nSPS) is 24.0. The van der Waals surface area contributed by atoms with Gasteiger partial charge in [0.15, 0.2) is 0 Å². The first-order valence-corrected chi connectivity index (χ1v) is 7.25. The molecule has 0 N–H and O–H groups in total. The van der Waals surface area contributed by atoms with Crippen LogP contribution in [0.3, 0.4) is 0 Å². The molecule has 0 aliphatic heterocycles. The van der Waals surface area contributed by atoms with Crippen LogP contribution in [0.15, 0.2) is 12.2 Å². The van der Waals surface area contributed by atoms with E-state index in [9.17, 15) is 4.79 Å². The van der Waals surface area contributed by atoms with Crippen LogP contribution in [0.5, 0.6) is 0 Å². The van der Waals surface area contributed by atoms with Gasteiger partial charge >= 0.3 is 5.97 Å². The molecule has 19 heavy (non-hydrogen) atoms. The zero-order chi connectivity index (χ0) is 14.5. The molecule has 1 saturated carbocycles. The van der Waals surface area contributed by atoms with Gasteiger partial charge in [-0.05, 0) is 43.9 Å². The first kappa shape index (κ1) is 16.2. The molecule has 1 aliphatic carbocycles. The van der Waals surface area contributed by atoms with E-state index >= 15 is 0 Å². The molecular formula is C16H28O3. The topological polar surface area (TPSA) is 35.5 Å². The van der Waals surface area contributed by atoms with Crippen molar-refractivity contribution in [2.75, 3.05) is 13.2 Å². The quantitative estimate of drug-likeness (QED) is 0.433. The van der Waals surface area contributed by atoms with Gasteiger partial charge in [-0.25, -0.2) is 4.79 Å². The number of carbonyl (C=O) groups excluding carboxylic acids is 1. The van der Waals surface area contributed by atoms with E-state index in [-0.39, 0.29) is 5.97 Å². The van der Waals surface area contributed by atoms with Gasteiger partial charge in [-0.1, -0.05) is 27.4 Å². The van der Waals surface area contributed by atoms with Gasteiger partial charge in [0.25, 0.3) is 0 Å². The molecule has 0 heterocycles. The second-order valence-corrected chi connectivity index (χ2v) is 6.63. The molecule has 0 spiro atoms. The van der Waals surface area contributed by atoms with E-state index in [0.29, 0.717) is 30.3 Å². The number of rotatable bonds is 5. The highest BCUT2D eigenvalue weighted by Gasteiger charge is 2.29. The lowest BCUT2D eigenvalue weighted by Gasteiger charge is -2.36. The lowest BCUT2D eigenvalue weighted by atomic mass is 9.72. The highest BCUT2D eigenvalue weighted by molar-refractivity contribution is 5.86. The van der Waals surface area contributed by atoms with Crippen molar-refractivity contribution >= 4 is 5.97 Å². The van der Waals surface area contributed by atoms with E-state index in [2.05, 4.69) is 27.4 Å². The summed E-state index contributed by atoms with van der Waals surface area (Å²) in [6.45, 7) is 12.9. The number of hydrogen-bond acceptors (Lipinski definition) is 3. The number of hydrogen-bond donors (Lipinski definition) is 0. The van der Waals surface area contributed by atoms with Gasteiger partial charge in [0.1, 0.15) is 6.61 Å². The Morgan fingerprint density at radius 2 is 1.74 bits per heavy atom. The minimum absolute atomic E-state index is 0.324. The van der Waals surface area contributed by atoms with Gasteiger partial charge in [-0.15, -0.1) is 0 Å². The van der Waals surface area contributed by atoms with Gasteiger partial charge in [-0.3, -0.25) is 0 Å². The Hall–Kier alpha value is -0.830. The Bertz CT molecular complexity index is 306. The maximum Gasteiger partial charge on any atom is 0.333 e. The number of esters is 1. The Morgan fingerprint density at radius 1 is 1.16 bits per heavy atom. The minimum atomic E-state index is -0.333. The summed E-state index contributed by atoms with van der Waals surface area (Å²) in [5, 5.41) is 0. The second-order valence-electron chi connectivity index (χ2n) is 6.63. The van der Waals surface area contributed by atoms with Crippen molar-refractivity contribution in [1.82, 2.24) is 0 Å². The molecule has 1 rings (SSSR count). The lowest BCUT2D eigenvalue weighted by molar-refractivity contribution is -0.141. The largest absolute Gasteiger partial charge is 0.460 e. The molecule has 0 unspecified atom stereocenters. The Morgan fingerprint density at radius 3 is 2.21 bits per heavy atom. The Kier molecular flexibility index (Phi) is 6.05. The van der Waals surface area contributed by atoms with Crippen LogP contribution in [0.25, 0.3) is 0 Å². The maximum atomic E-state index is 11.2. The summed E-state index contributed by atoms with van der Waals surface area (Å²) in [6.07, 6.45) is 5.05. The summed E-state index contributed by atoms with van der Waals surface area (Å²) >= 11 is 0. The van der Waals surface area contributed by atoms with Gasteiger partial charge in [-0.2, -0.15) is 0 Å². The second kappa shape index (κ2) is 7.09. The average molecular weight is 268 g/mol. The number of carbonyl (C=O) groups is 1. The molecule has 0 radical (unpaired) electrons. The van der Waals surface area contributed by atoms with Crippen molar-refractivity contribution in [3.63, 3.8) is 0 Å². The van der Waals surface area contributed by atoms with Crippen LogP contribution in [0.4, 0.5) is 0 Å². The third kappa shape index (κ3) is 5.77. The number of ether oxygens (including phenoxy) is 2. The molecule has 0 saturated heterocycles. The van der Waals surface area contributed by atoms with Crippen LogP contribution in [0.1, 0.15) is 53.4 Å². The predicted octanol–water partition coefficient (Wildman–Crippen LogP) is 3.73. The highest BCUT2D eigenvalue weighted by Crippen LogP contribution is 2.38. The summed E-state index contributed by atoms with van der Waals surface area (Å²) in [5.74, 6) is 0.466. The smallest absolute Gasteiger partial charge is 0.333 e. The van der Waals surface area contributed by atoms with Gasteiger partial charge in [0.2, 0.25) is 0 Å². The van der Waals surface area contributed by atoms with E-state index in [1.165, 1.54) is 12.8 Å². The van der Waals surface area contributed by atoms with Crippen LogP contribution < -0.4 is 0 Å². The van der Waals surface area contributed by atoms with Crippen molar-refractivity contribution in [1.29, 1.82) is 0 Å². The summed E-state index contributed by atoms with van der Waals surface area (Å²) in [6, 6.07) is 0. The molecule has 0 bridgehead atoms. The maximum absolute atomic E-state index is 11.2. The highest BCUT2D eigenvalue weighted by atomic mass is 16.6. The van der Waals surface area contributed by atoms with Gasteiger partial charge < -0.3 is 9.47 Å².